The number of rotatable bonds is 6. The number of esters is 1. The van der Waals surface area contributed by atoms with E-state index in [1.165, 1.54) is 24.5 Å². The van der Waals surface area contributed by atoms with E-state index in [-0.39, 0.29) is 10.8 Å². The zero-order valence-electron chi connectivity index (χ0n) is 16.6. The van der Waals surface area contributed by atoms with Crippen LogP contribution in [0.2, 0.25) is 0 Å². The summed E-state index contributed by atoms with van der Waals surface area (Å²) in [5.74, 6) is -0.895. The third-order valence-electron chi connectivity index (χ3n) is 4.84. The lowest BCUT2D eigenvalue weighted by Crippen LogP contribution is -2.44. The maximum Gasteiger partial charge on any atom is 0.324 e. The Morgan fingerprint density at radius 3 is 2.60 bits per heavy atom. The number of hydrogen-bond acceptors (Lipinski definition) is 7. The van der Waals surface area contributed by atoms with Gasteiger partial charge in [0.1, 0.15) is 22.2 Å². The number of nitrogens with one attached hydrogen (secondary N) is 1. The number of hydrogen-bond donors (Lipinski definition) is 1. The Morgan fingerprint density at radius 2 is 1.93 bits per heavy atom. The maximum atomic E-state index is 12.9. The zero-order valence-corrected chi connectivity index (χ0v) is 18.2. The predicted molar refractivity (Wildman–Crippen MR) is 116 cm³/mol. The minimum absolute atomic E-state index is 0.0521. The summed E-state index contributed by atoms with van der Waals surface area (Å²) in [4.78, 5) is 16.3. The Bertz CT molecular complexity index is 1320. The van der Waals surface area contributed by atoms with Gasteiger partial charge in [-0.05, 0) is 36.2 Å². The molecule has 9 heteroatoms. The summed E-state index contributed by atoms with van der Waals surface area (Å²) in [5, 5.41) is 4.27. The SMILES string of the molecule is COC(=O)C(NS(=O)(=O)c1ccc2oc3cc(-c4nccs4)ccc3c2c1)C(C)C. The van der Waals surface area contributed by atoms with Crippen molar-refractivity contribution in [3.05, 3.63) is 48.0 Å². The van der Waals surface area contributed by atoms with Gasteiger partial charge in [0.15, 0.2) is 0 Å². The molecule has 0 amide bonds. The minimum Gasteiger partial charge on any atom is -0.468 e. The first-order chi connectivity index (χ1) is 14.3. The van der Waals surface area contributed by atoms with Crippen molar-refractivity contribution in [2.45, 2.75) is 24.8 Å². The molecule has 2 heterocycles. The van der Waals surface area contributed by atoms with Gasteiger partial charge in [0, 0.05) is 27.9 Å². The van der Waals surface area contributed by atoms with Crippen LogP contribution in [-0.4, -0.2) is 32.5 Å². The van der Waals surface area contributed by atoms with Gasteiger partial charge in [0.2, 0.25) is 10.0 Å². The van der Waals surface area contributed by atoms with Gasteiger partial charge >= 0.3 is 5.97 Å². The summed E-state index contributed by atoms with van der Waals surface area (Å²) in [7, 11) is -2.71. The second-order valence-corrected chi connectivity index (χ2v) is 9.78. The highest BCUT2D eigenvalue weighted by atomic mass is 32.2. The molecule has 4 rings (SSSR count). The number of furan rings is 1. The van der Waals surface area contributed by atoms with E-state index in [0.717, 1.165) is 16.0 Å². The van der Waals surface area contributed by atoms with Crippen LogP contribution in [-0.2, 0) is 19.6 Å². The molecule has 0 fully saturated rings. The predicted octanol–water partition coefficient (Wildman–Crippen LogP) is 4.19. The van der Waals surface area contributed by atoms with Gasteiger partial charge in [-0.3, -0.25) is 4.79 Å². The van der Waals surface area contributed by atoms with Crippen molar-refractivity contribution in [2.24, 2.45) is 5.92 Å². The van der Waals surface area contributed by atoms with Gasteiger partial charge in [-0.25, -0.2) is 13.4 Å². The first kappa shape index (κ1) is 20.5. The highest BCUT2D eigenvalue weighted by molar-refractivity contribution is 7.89. The van der Waals surface area contributed by atoms with Crippen molar-refractivity contribution in [3.63, 3.8) is 0 Å². The molecule has 4 aromatic rings. The van der Waals surface area contributed by atoms with Crippen LogP contribution in [0.1, 0.15) is 13.8 Å². The van der Waals surface area contributed by atoms with E-state index in [4.69, 9.17) is 9.15 Å². The molecule has 0 bridgehead atoms. The highest BCUT2D eigenvalue weighted by Crippen LogP contribution is 2.34. The van der Waals surface area contributed by atoms with Gasteiger partial charge in [0.05, 0.1) is 12.0 Å². The molecule has 0 aliphatic rings. The zero-order chi connectivity index (χ0) is 21.5. The fraction of sp³-hybridized carbons (Fsp3) is 0.238. The fourth-order valence-electron chi connectivity index (χ4n) is 3.24. The lowest BCUT2D eigenvalue weighted by Gasteiger charge is -2.19. The third-order valence-corrected chi connectivity index (χ3v) is 7.10. The van der Waals surface area contributed by atoms with Crippen LogP contribution in [0.3, 0.4) is 0 Å². The number of sulfonamides is 1. The van der Waals surface area contributed by atoms with Crippen LogP contribution in [0.25, 0.3) is 32.5 Å². The van der Waals surface area contributed by atoms with E-state index in [9.17, 15) is 13.2 Å². The molecule has 2 aromatic carbocycles. The van der Waals surface area contributed by atoms with E-state index in [0.29, 0.717) is 16.6 Å². The van der Waals surface area contributed by atoms with Crippen molar-refractivity contribution in [2.75, 3.05) is 7.11 Å². The smallest absolute Gasteiger partial charge is 0.324 e. The van der Waals surface area contributed by atoms with Crippen LogP contribution < -0.4 is 4.72 Å². The average molecular weight is 445 g/mol. The number of methoxy groups -OCH3 is 1. The molecule has 1 unspecified atom stereocenters. The van der Waals surface area contributed by atoms with Crippen molar-refractivity contribution in [1.29, 1.82) is 0 Å². The van der Waals surface area contributed by atoms with Crippen molar-refractivity contribution in [1.82, 2.24) is 9.71 Å². The molecule has 1 atom stereocenters. The average Bonchev–Trinajstić information content (AvgIpc) is 3.38. The van der Waals surface area contributed by atoms with Crippen molar-refractivity contribution >= 4 is 49.3 Å². The number of thiazole rings is 1. The molecule has 2 aromatic heterocycles. The van der Waals surface area contributed by atoms with Crippen molar-refractivity contribution in [3.8, 4) is 10.6 Å². The van der Waals surface area contributed by atoms with E-state index >= 15 is 0 Å². The van der Waals surface area contributed by atoms with E-state index in [2.05, 4.69) is 9.71 Å². The van der Waals surface area contributed by atoms with Gasteiger partial charge in [0.25, 0.3) is 0 Å². The number of fused-ring (bicyclic) bond motifs is 3. The van der Waals surface area contributed by atoms with Gasteiger partial charge in [-0.15, -0.1) is 11.3 Å². The topological polar surface area (TPSA) is 98.5 Å². The first-order valence-electron chi connectivity index (χ1n) is 9.26. The van der Waals surface area contributed by atoms with Gasteiger partial charge < -0.3 is 9.15 Å². The van der Waals surface area contributed by atoms with Crippen molar-refractivity contribution < 1.29 is 22.4 Å². The van der Waals surface area contributed by atoms with E-state index in [1.54, 1.807) is 32.2 Å². The lowest BCUT2D eigenvalue weighted by atomic mass is 10.1. The Hall–Kier alpha value is -2.75. The summed E-state index contributed by atoms with van der Waals surface area (Å²) < 4.78 is 38.9. The van der Waals surface area contributed by atoms with Crippen LogP contribution in [0, 0.1) is 5.92 Å². The number of aromatic nitrogens is 1. The third kappa shape index (κ3) is 3.71. The quantitative estimate of drug-likeness (QED) is 0.448. The number of nitrogens with zero attached hydrogens (tertiary/aromatic N) is 1. The molecule has 0 spiro atoms. The number of benzene rings is 2. The summed E-state index contributed by atoms with van der Waals surface area (Å²) in [6, 6.07) is 9.39. The molecule has 0 saturated heterocycles. The molecule has 7 nitrogen and oxygen atoms in total. The van der Waals surface area contributed by atoms with E-state index in [1.807, 2.05) is 23.6 Å². The minimum atomic E-state index is -3.94. The molecule has 1 N–H and O–H groups in total. The molecule has 0 radical (unpaired) electrons. The van der Waals surface area contributed by atoms with Gasteiger partial charge in [-0.2, -0.15) is 4.72 Å². The summed E-state index contributed by atoms with van der Waals surface area (Å²) >= 11 is 1.53. The van der Waals surface area contributed by atoms with E-state index < -0.39 is 22.0 Å². The molecule has 156 valence electrons. The molecular formula is C21H20N2O5S2. The second-order valence-electron chi connectivity index (χ2n) is 7.17. The normalized spacial score (nSPS) is 13.2. The Balaban J connectivity index is 1.75. The molecule has 30 heavy (non-hydrogen) atoms. The Morgan fingerprint density at radius 1 is 1.13 bits per heavy atom. The maximum absolute atomic E-state index is 12.9. The van der Waals surface area contributed by atoms with Crippen LogP contribution in [0.4, 0.5) is 0 Å². The number of ether oxygens (including phenoxy) is 1. The Kier molecular flexibility index (Phi) is 5.35. The van der Waals surface area contributed by atoms with Gasteiger partial charge in [-0.1, -0.05) is 19.9 Å². The fourth-order valence-corrected chi connectivity index (χ4v) is 5.24. The summed E-state index contributed by atoms with van der Waals surface area (Å²) in [5.41, 5.74) is 2.16. The molecule has 0 aliphatic heterocycles. The number of carbonyl (C=O) groups is 1. The summed E-state index contributed by atoms with van der Waals surface area (Å²) in [6.07, 6.45) is 1.74. The largest absolute Gasteiger partial charge is 0.468 e. The highest BCUT2D eigenvalue weighted by Gasteiger charge is 2.29. The summed E-state index contributed by atoms with van der Waals surface area (Å²) in [6.45, 7) is 3.49. The molecular weight excluding hydrogens is 424 g/mol. The standard InChI is InChI=1S/C21H20N2O5S2/c1-12(2)19(21(24)27-3)23-30(25,26)14-5-7-17-16(11-14)15-6-4-13(10-18(15)28-17)20-22-8-9-29-20/h4-12,19,23H,1-3H3. The van der Waals surface area contributed by atoms with Crippen LogP contribution >= 0.6 is 11.3 Å². The number of carbonyl (C=O) groups excluding carboxylic acids is 1. The molecule has 0 aliphatic carbocycles. The molecule has 0 saturated carbocycles. The second kappa shape index (κ2) is 7.82. The lowest BCUT2D eigenvalue weighted by molar-refractivity contribution is -0.143. The Labute approximate surface area is 177 Å². The first-order valence-corrected chi connectivity index (χ1v) is 11.6. The monoisotopic (exact) mass is 444 g/mol. The van der Waals surface area contributed by atoms with Crippen LogP contribution in [0.5, 0.6) is 0 Å². The van der Waals surface area contributed by atoms with Crippen LogP contribution in [0.15, 0.2) is 57.3 Å².